The van der Waals surface area contributed by atoms with Gasteiger partial charge in [0.2, 0.25) is 0 Å². The van der Waals surface area contributed by atoms with E-state index in [4.69, 9.17) is 23.2 Å². The third-order valence-corrected chi connectivity index (χ3v) is 5.24. The Kier molecular flexibility index (Phi) is 8.22. The van der Waals surface area contributed by atoms with Gasteiger partial charge in [0, 0.05) is 34.5 Å². The Morgan fingerprint density at radius 1 is 0.412 bits per heavy atom. The van der Waals surface area contributed by atoms with Gasteiger partial charge in [-0.1, -0.05) is 23.2 Å². The smallest absolute Gasteiger partial charge is 0.0858 e. The molecule has 0 heterocycles. The highest BCUT2D eigenvalue weighted by molar-refractivity contribution is 6.30. The predicted octanol–water partition coefficient (Wildman–Crippen LogP) is 9.35. The van der Waals surface area contributed by atoms with E-state index in [1.807, 2.05) is 72.8 Å². The van der Waals surface area contributed by atoms with Crippen molar-refractivity contribution in [1.29, 1.82) is 0 Å². The summed E-state index contributed by atoms with van der Waals surface area (Å²) in [7, 11) is 0. The van der Waals surface area contributed by atoms with Gasteiger partial charge in [0.25, 0.3) is 0 Å². The van der Waals surface area contributed by atoms with Crippen molar-refractivity contribution >= 4 is 57.3 Å². The molecule has 4 aromatic carbocycles. The third-order valence-electron chi connectivity index (χ3n) is 4.73. The summed E-state index contributed by atoms with van der Waals surface area (Å²) in [6.45, 7) is 1.54. The number of benzene rings is 4. The van der Waals surface area contributed by atoms with Crippen molar-refractivity contribution in [3.63, 3.8) is 0 Å². The molecular formula is C26H22Cl2N6. The molecule has 0 saturated heterocycles. The zero-order chi connectivity index (χ0) is 23.6. The molecule has 2 N–H and O–H groups in total. The van der Waals surface area contributed by atoms with E-state index in [9.17, 15) is 0 Å². The van der Waals surface area contributed by atoms with Gasteiger partial charge in [0.15, 0.2) is 0 Å². The topological polar surface area (TPSA) is 73.5 Å². The van der Waals surface area contributed by atoms with Gasteiger partial charge in [-0.3, -0.25) is 0 Å². The van der Waals surface area contributed by atoms with Crippen molar-refractivity contribution in [1.82, 2.24) is 0 Å². The van der Waals surface area contributed by atoms with Gasteiger partial charge in [-0.05, 0) is 97.1 Å². The Morgan fingerprint density at radius 2 is 0.676 bits per heavy atom. The molecule has 170 valence electrons. The van der Waals surface area contributed by atoms with Crippen molar-refractivity contribution in [2.24, 2.45) is 20.5 Å². The zero-order valence-electron chi connectivity index (χ0n) is 18.2. The normalized spacial score (nSPS) is 11.2. The zero-order valence-corrected chi connectivity index (χ0v) is 19.7. The number of rotatable bonds is 9. The summed E-state index contributed by atoms with van der Waals surface area (Å²) in [6, 6.07) is 30.1. The van der Waals surface area contributed by atoms with Gasteiger partial charge in [0.05, 0.1) is 22.7 Å². The summed E-state index contributed by atoms with van der Waals surface area (Å²) in [5, 5.41) is 25.0. The number of anilines is 2. The van der Waals surface area contributed by atoms with Gasteiger partial charge >= 0.3 is 0 Å². The molecule has 0 amide bonds. The monoisotopic (exact) mass is 488 g/mol. The first-order chi connectivity index (χ1) is 16.6. The van der Waals surface area contributed by atoms with Gasteiger partial charge in [-0.2, -0.15) is 20.5 Å². The van der Waals surface area contributed by atoms with Crippen LogP contribution in [0.1, 0.15) is 0 Å². The highest BCUT2D eigenvalue weighted by atomic mass is 35.5. The summed E-state index contributed by atoms with van der Waals surface area (Å²) in [5.74, 6) is 0. The minimum absolute atomic E-state index is 0.678. The number of nitrogens with zero attached hydrogens (tertiary/aromatic N) is 4. The largest absolute Gasteiger partial charge is 0.383 e. The average molecular weight is 489 g/mol. The maximum absolute atomic E-state index is 5.88. The number of azo groups is 2. The van der Waals surface area contributed by atoms with Crippen LogP contribution in [0.15, 0.2) is 118 Å². The van der Waals surface area contributed by atoms with Crippen molar-refractivity contribution in [2.75, 3.05) is 23.7 Å². The predicted molar refractivity (Wildman–Crippen MR) is 141 cm³/mol. The molecule has 0 saturated carbocycles. The Morgan fingerprint density at radius 3 is 0.971 bits per heavy atom. The third kappa shape index (κ3) is 7.40. The standard InChI is InChI=1S/C26H22Cl2N6/c27-19-1-5-23(6-2-19)31-33-25-13-9-21(10-14-25)29-17-18-30-22-11-15-26(16-12-22)34-32-24-7-3-20(28)4-8-24/h1-16,29-30H,17-18H2/b33-31+,34-32+. The van der Waals surface area contributed by atoms with E-state index in [2.05, 4.69) is 31.1 Å². The van der Waals surface area contributed by atoms with E-state index in [1.165, 1.54) is 0 Å². The van der Waals surface area contributed by atoms with Crippen LogP contribution in [0.3, 0.4) is 0 Å². The minimum Gasteiger partial charge on any atom is -0.383 e. The fourth-order valence-corrected chi connectivity index (χ4v) is 3.20. The average Bonchev–Trinajstić information content (AvgIpc) is 2.87. The molecule has 4 rings (SSSR count). The maximum Gasteiger partial charge on any atom is 0.0858 e. The van der Waals surface area contributed by atoms with Crippen molar-refractivity contribution in [2.45, 2.75) is 0 Å². The second kappa shape index (κ2) is 11.9. The Hall–Kier alpha value is -3.74. The molecule has 0 unspecified atom stereocenters. The fourth-order valence-electron chi connectivity index (χ4n) is 2.95. The van der Waals surface area contributed by atoms with Crippen LogP contribution in [0, 0.1) is 0 Å². The van der Waals surface area contributed by atoms with Gasteiger partial charge in [-0.15, -0.1) is 0 Å². The Balaban J connectivity index is 1.19. The molecule has 0 fully saturated rings. The summed E-state index contributed by atoms with van der Waals surface area (Å²) in [4.78, 5) is 0. The van der Waals surface area contributed by atoms with Crippen LogP contribution in [-0.4, -0.2) is 13.1 Å². The Labute approximate surface area is 208 Å². The molecular weight excluding hydrogens is 467 g/mol. The van der Waals surface area contributed by atoms with Gasteiger partial charge in [0.1, 0.15) is 0 Å². The van der Waals surface area contributed by atoms with Crippen LogP contribution in [0.2, 0.25) is 10.0 Å². The number of nitrogens with one attached hydrogen (secondary N) is 2. The first kappa shape index (κ1) is 23.4. The van der Waals surface area contributed by atoms with E-state index >= 15 is 0 Å². The molecule has 0 radical (unpaired) electrons. The van der Waals surface area contributed by atoms with Crippen molar-refractivity contribution in [3.05, 3.63) is 107 Å². The fraction of sp³-hybridized carbons (Fsp3) is 0.0769. The van der Waals surface area contributed by atoms with Crippen molar-refractivity contribution in [3.8, 4) is 0 Å². The lowest BCUT2D eigenvalue weighted by Gasteiger charge is -2.09. The summed E-state index contributed by atoms with van der Waals surface area (Å²) in [5.41, 5.74) is 5.12. The molecule has 0 aliphatic carbocycles. The van der Waals surface area contributed by atoms with Crippen LogP contribution in [0.4, 0.5) is 34.1 Å². The van der Waals surface area contributed by atoms with Crippen LogP contribution < -0.4 is 10.6 Å². The number of halogens is 2. The Bertz CT molecular complexity index is 1140. The van der Waals surface area contributed by atoms with Crippen LogP contribution in [0.5, 0.6) is 0 Å². The second-order valence-corrected chi connectivity index (χ2v) is 8.17. The minimum atomic E-state index is 0.678. The molecule has 0 aromatic heterocycles. The van der Waals surface area contributed by atoms with E-state index < -0.39 is 0 Å². The van der Waals surface area contributed by atoms with Crippen LogP contribution >= 0.6 is 23.2 Å². The van der Waals surface area contributed by atoms with E-state index in [0.717, 1.165) is 47.2 Å². The molecule has 34 heavy (non-hydrogen) atoms. The highest BCUT2D eigenvalue weighted by Crippen LogP contribution is 2.23. The van der Waals surface area contributed by atoms with Gasteiger partial charge in [-0.25, -0.2) is 0 Å². The molecule has 6 nitrogen and oxygen atoms in total. The van der Waals surface area contributed by atoms with E-state index in [0.29, 0.717) is 10.0 Å². The molecule has 0 aliphatic heterocycles. The molecule has 0 atom stereocenters. The second-order valence-electron chi connectivity index (χ2n) is 7.30. The van der Waals surface area contributed by atoms with Crippen molar-refractivity contribution < 1.29 is 0 Å². The van der Waals surface area contributed by atoms with Crippen LogP contribution in [-0.2, 0) is 0 Å². The quantitative estimate of drug-likeness (QED) is 0.182. The number of hydrogen-bond donors (Lipinski definition) is 2. The SMILES string of the molecule is Clc1ccc(/N=N/c2ccc(NCCNc3ccc(/N=N/c4ccc(Cl)cc4)cc3)cc2)cc1. The molecule has 8 heteroatoms. The number of hydrogen-bond acceptors (Lipinski definition) is 6. The molecule has 0 aliphatic rings. The summed E-state index contributed by atoms with van der Waals surface area (Å²) in [6.07, 6.45) is 0. The molecule has 4 aromatic rings. The lowest BCUT2D eigenvalue weighted by Crippen LogP contribution is -2.13. The van der Waals surface area contributed by atoms with E-state index in [1.54, 1.807) is 24.3 Å². The lowest BCUT2D eigenvalue weighted by molar-refractivity contribution is 1.08. The van der Waals surface area contributed by atoms with E-state index in [-0.39, 0.29) is 0 Å². The van der Waals surface area contributed by atoms with Gasteiger partial charge < -0.3 is 10.6 Å². The summed E-state index contributed by atoms with van der Waals surface area (Å²) >= 11 is 11.8. The van der Waals surface area contributed by atoms with Crippen LogP contribution in [0.25, 0.3) is 0 Å². The highest BCUT2D eigenvalue weighted by Gasteiger charge is 1.97. The summed E-state index contributed by atoms with van der Waals surface area (Å²) < 4.78 is 0. The maximum atomic E-state index is 5.88. The lowest BCUT2D eigenvalue weighted by atomic mass is 10.3. The molecule has 0 spiro atoms. The first-order valence-corrected chi connectivity index (χ1v) is 11.4. The first-order valence-electron chi connectivity index (χ1n) is 10.7. The molecule has 0 bridgehead atoms.